The van der Waals surface area contributed by atoms with Gasteiger partial charge in [-0.15, -0.1) is 0 Å². The van der Waals surface area contributed by atoms with E-state index < -0.39 is 0 Å². The molecule has 2 amide bonds. The SMILES string of the molecule is CNCC1COCCN1C(=O)NC(C)C. The van der Waals surface area contributed by atoms with Crippen LogP contribution in [0.1, 0.15) is 13.8 Å². The van der Waals surface area contributed by atoms with Crippen molar-refractivity contribution in [3.8, 4) is 0 Å². The minimum Gasteiger partial charge on any atom is -0.377 e. The summed E-state index contributed by atoms with van der Waals surface area (Å²) in [7, 11) is 1.88. The van der Waals surface area contributed by atoms with Crippen LogP contribution in [0.15, 0.2) is 0 Å². The van der Waals surface area contributed by atoms with Crippen molar-refractivity contribution in [2.45, 2.75) is 25.9 Å². The maximum atomic E-state index is 11.8. The maximum Gasteiger partial charge on any atom is 0.318 e. The maximum absolute atomic E-state index is 11.8. The largest absolute Gasteiger partial charge is 0.377 e. The molecular weight excluding hydrogens is 194 g/mol. The molecule has 1 rings (SSSR count). The number of amides is 2. The predicted molar refractivity (Wildman–Crippen MR) is 58.9 cm³/mol. The van der Waals surface area contributed by atoms with Crippen molar-refractivity contribution >= 4 is 6.03 Å². The van der Waals surface area contributed by atoms with Gasteiger partial charge in [-0.1, -0.05) is 0 Å². The molecule has 2 N–H and O–H groups in total. The molecule has 1 aliphatic heterocycles. The zero-order valence-corrected chi connectivity index (χ0v) is 9.75. The van der Waals surface area contributed by atoms with Gasteiger partial charge in [0.15, 0.2) is 0 Å². The molecule has 5 heteroatoms. The van der Waals surface area contributed by atoms with Gasteiger partial charge in [0.2, 0.25) is 0 Å². The van der Waals surface area contributed by atoms with E-state index in [2.05, 4.69) is 10.6 Å². The van der Waals surface area contributed by atoms with Crippen LogP contribution in [0.4, 0.5) is 4.79 Å². The third kappa shape index (κ3) is 3.68. The predicted octanol–water partition coefficient (Wildman–Crippen LogP) is 0.0246. The molecule has 1 unspecified atom stereocenters. The van der Waals surface area contributed by atoms with Gasteiger partial charge >= 0.3 is 6.03 Å². The van der Waals surface area contributed by atoms with Crippen LogP contribution in [0.3, 0.4) is 0 Å². The van der Waals surface area contributed by atoms with Gasteiger partial charge in [0.05, 0.1) is 19.3 Å². The first kappa shape index (κ1) is 12.3. The van der Waals surface area contributed by atoms with E-state index in [0.29, 0.717) is 19.8 Å². The molecule has 1 aliphatic rings. The highest BCUT2D eigenvalue weighted by atomic mass is 16.5. The molecule has 15 heavy (non-hydrogen) atoms. The Bertz CT molecular complexity index is 207. The fraction of sp³-hybridized carbons (Fsp3) is 0.900. The molecule has 1 fully saturated rings. The number of likely N-dealkylation sites (N-methyl/N-ethyl adjacent to an activating group) is 1. The third-order valence-corrected chi connectivity index (χ3v) is 2.34. The zero-order chi connectivity index (χ0) is 11.3. The highest BCUT2D eigenvalue weighted by molar-refractivity contribution is 5.75. The molecule has 88 valence electrons. The fourth-order valence-corrected chi connectivity index (χ4v) is 1.66. The van der Waals surface area contributed by atoms with Gasteiger partial charge in [0, 0.05) is 19.1 Å². The molecule has 0 aromatic rings. The topological polar surface area (TPSA) is 53.6 Å². The molecule has 0 radical (unpaired) electrons. The lowest BCUT2D eigenvalue weighted by Gasteiger charge is -2.35. The molecule has 0 spiro atoms. The first-order chi connectivity index (χ1) is 7.15. The van der Waals surface area contributed by atoms with Crippen LogP contribution < -0.4 is 10.6 Å². The Morgan fingerprint density at radius 3 is 2.93 bits per heavy atom. The number of nitrogens with one attached hydrogen (secondary N) is 2. The van der Waals surface area contributed by atoms with E-state index in [-0.39, 0.29) is 18.1 Å². The highest BCUT2D eigenvalue weighted by Crippen LogP contribution is 2.06. The molecule has 0 aromatic heterocycles. The van der Waals surface area contributed by atoms with Crippen molar-refractivity contribution in [2.75, 3.05) is 33.4 Å². The monoisotopic (exact) mass is 215 g/mol. The van der Waals surface area contributed by atoms with E-state index in [1.807, 2.05) is 25.8 Å². The number of carbonyl (C=O) groups is 1. The van der Waals surface area contributed by atoms with Crippen LogP contribution in [0.2, 0.25) is 0 Å². The number of hydrogen-bond acceptors (Lipinski definition) is 3. The minimum atomic E-state index is 0.00792. The van der Waals surface area contributed by atoms with E-state index in [1.54, 1.807) is 0 Å². The van der Waals surface area contributed by atoms with Crippen LogP contribution in [-0.4, -0.2) is 56.4 Å². The van der Waals surface area contributed by atoms with Crippen molar-refractivity contribution in [3.05, 3.63) is 0 Å². The van der Waals surface area contributed by atoms with Gasteiger partial charge in [-0.05, 0) is 20.9 Å². The molecule has 5 nitrogen and oxygen atoms in total. The average molecular weight is 215 g/mol. The van der Waals surface area contributed by atoms with E-state index in [0.717, 1.165) is 6.54 Å². The van der Waals surface area contributed by atoms with Gasteiger partial charge in [0.1, 0.15) is 0 Å². The number of carbonyl (C=O) groups excluding carboxylic acids is 1. The first-order valence-corrected chi connectivity index (χ1v) is 5.44. The van der Waals surface area contributed by atoms with Crippen molar-refractivity contribution in [1.82, 2.24) is 15.5 Å². The Labute approximate surface area is 91.2 Å². The summed E-state index contributed by atoms with van der Waals surface area (Å²) in [5.74, 6) is 0. The van der Waals surface area contributed by atoms with Gasteiger partial charge in [-0.25, -0.2) is 4.79 Å². The Morgan fingerprint density at radius 2 is 2.33 bits per heavy atom. The van der Waals surface area contributed by atoms with E-state index >= 15 is 0 Å². The van der Waals surface area contributed by atoms with Crippen LogP contribution in [0, 0.1) is 0 Å². The van der Waals surface area contributed by atoms with Gasteiger partial charge < -0.3 is 20.3 Å². The summed E-state index contributed by atoms with van der Waals surface area (Å²) in [6.45, 7) is 6.62. The van der Waals surface area contributed by atoms with Gasteiger partial charge in [-0.2, -0.15) is 0 Å². The molecule has 0 saturated carbocycles. The lowest BCUT2D eigenvalue weighted by molar-refractivity contribution is 0.0130. The van der Waals surface area contributed by atoms with E-state index in [9.17, 15) is 4.79 Å². The lowest BCUT2D eigenvalue weighted by atomic mass is 10.2. The van der Waals surface area contributed by atoms with Crippen molar-refractivity contribution in [2.24, 2.45) is 0 Å². The smallest absolute Gasteiger partial charge is 0.318 e. The van der Waals surface area contributed by atoms with Gasteiger partial charge in [-0.3, -0.25) is 0 Å². The quantitative estimate of drug-likeness (QED) is 0.698. The average Bonchev–Trinajstić information content (AvgIpc) is 2.18. The second kappa shape index (κ2) is 5.92. The number of nitrogens with zero attached hydrogens (tertiary/aromatic N) is 1. The molecular formula is C10H21N3O2. The first-order valence-electron chi connectivity index (χ1n) is 5.44. The van der Waals surface area contributed by atoms with Crippen molar-refractivity contribution < 1.29 is 9.53 Å². The van der Waals surface area contributed by atoms with Crippen LogP contribution in [0.5, 0.6) is 0 Å². The van der Waals surface area contributed by atoms with Crippen LogP contribution >= 0.6 is 0 Å². The van der Waals surface area contributed by atoms with E-state index in [1.165, 1.54) is 0 Å². The van der Waals surface area contributed by atoms with Crippen LogP contribution in [0.25, 0.3) is 0 Å². The standard InChI is InChI=1S/C10H21N3O2/c1-8(2)12-10(14)13-4-5-15-7-9(13)6-11-3/h8-9,11H,4-7H2,1-3H3,(H,12,14). The second-order valence-electron chi connectivity index (χ2n) is 4.08. The summed E-state index contributed by atoms with van der Waals surface area (Å²) < 4.78 is 5.36. The number of rotatable bonds is 3. The number of urea groups is 1. The summed E-state index contributed by atoms with van der Waals surface area (Å²) in [4.78, 5) is 13.7. The normalized spacial score (nSPS) is 21.9. The summed E-state index contributed by atoms with van der Waals surface area (Å²) >= 11 is 0. The molecule has 1 saturated heterocycles. The Morgan fingerprint density at radius 1 is 1.60 bits per heavy atom. The fourth-order valence-electron chi connectivity index (χ4n) is 1.66. The summed E-state index contributed by atoms with van der Waals surface area (Å²) in [6.07, 6.45) is 0. The second-order valence-corrected chi connectivity index (χ2v) is 4.08. The molecule has 1 heterocycles. The number of morpholine rings is 1. The van der Waals surface area contributed by atoms with E-state index in [4.69, 9.17) is 4.74 Å². The molecule has 0 bridgehead atoms. The Kier molecular flexibility index (Phi) is 4.84. The Hall–Kier alpha value is -0.810. The Balaban J connectivity index is 2.51. The molecule has 1 atom stereocenters. The summed E-state index contributed by atoms with van der Waals surface area (Å²) in [6, 6.07) is 0.326. The zero-order valence-electron chi connectivity index (χ0n) is 9.75. The lowest BCUT2D eigenvalue weighted by Crippen LogP contribution is -2.56. The molecule has 0 aromatic carbocycles. The highest BCUT2D eigenvalue weighted by Gasteiger charge is 2.26. The molecule has 0 aliphatic carbocycles. The van der Waals surface area contributed by atoms with Crippen molar-refractivity contribution in [1.29, 1.82) is 0 Å². The third-order valence-electron chi connectivity index (χ3n) is 2.34. The minimum absolute atomic E-state index is 0.00792. The van der Waals surface area contributed by atoms with Crippen molar-refractivity contribution in [3.63, 3.8) is 0 Å². The van der Waals surface area contributed by atoms with Crippen LogP contribution in [-0.2, 0) is 4.74 Å². The number of ether oxygens (including phenoxy) is 1. The summed E-state index contributed by atoms with van der Waals surface area (Å²) in [5.41, 5.74) is 0. The summed E-state index contributed by atoms with van der Waals surface area (Å²) in [5, 5.41) is 5.98. The number of hydrogen-bond donors (Lipinski definition) is 2. The van der Waals surface area contributed by atoms with Gasteiger partial charge in [0.25, 0.3) is 0 Å².